The zero-order valence-corrected chi connectivity index (χ0v) is 13.2. The fraction of sp³-hybridized carbons (Fsp3) is 0.211. The van der Waals surface area contributed by atoms with Crippen LogP contribution in [0, 0.1) is 5.82 Å². The molecule has 0 saturated carbocycles. The Bertz CT molecular complexity index is 735. The normalized spacial score (nSPS) is 11.3. The van der Waals surface area contributed by atoms with Gasteiger partial charge in [-0.05, 0) is 43.0 Å². The van der Waals surface area contributed by atoms with Crippen LogP contribution >= 0.6 is 0 Å². The van der Waals surface area contributed by atoms with E-state index in [4.69, 9.17) is 9.84 Å². The summed E-state index contributed by atoms with van der Waals surface area (Å²) in [7, 11) is 1.50. The highest BCUT2D eigenvalue weighted by Crippen LogP contribution is 2.27. The summed E-state index contributed by atoms with van der Waals surface area (Å²) in [6.45, 7) is 1.79. The van der Waals surface area contributed by atoms with Crippen LogP contribution in [0.5, 0.6) is 5.75 Å². The topological polar surface area (TPSA) is 46.5 Å². The third kappa shape index (κ3) is 4.68. The van der Waals surface area contributed by atoms with Crippen LogP contribution in [0.4, 0.5) is 4.39 Å². The van der Waals surface area contributed by atoms with Gasteiger partial charge >= 0.3 is 5.97 Å². The molecule has 0 bridgehead atoms. The van der Waals surface area contributed by atoms with Gasteiger partial charge < -0.3 is 9.84 Å². The molecule has 0 heterocycles. The van der Waals surface area contributed by atoms with Crippen LogP contribution in [0.3, 0.4) is 0 Å². The Labute approximate surface area is 135 Å². The number of allylic oxidation sites excluding steroid dienone is 1. The summed E-state index contributed by atoms with van der Waals surface area (Å²) in [6.07, 6.45) is 2.58. The summed E-state index contributed by atoms with van der Waals surface area (Å²) >= 11 is 0. The van der Waals surface area contributed by atoms with Crippen LogP contribution in [-0.2, 0) is 11.2 Å². The lowest BCUT2D eigenvalue weighted by molar-refractivity contribution is -0.131. The Balaban J connectivity index is 2.18. The number of carboxylic acid groups (broad SMARTS) is 1. The monoisotopic (exact) mass is 314 g/mol. The van der Waals surface area contributed by atoms with Gasteiger partial charge in [-0.1, -0.05) is 29.8 Å². The minimum atomic E-state index is -0.934. The number of methoxy groups -OCH3 is 1. The number of ether oxygens (including phenoxy) is 1. The lowest BCUT2D eigenvalue weighted by Gasteiger charge is -2.08. The average molecular weight is 314 g/mol. The van der Waals surface area contributed by atoms with Crippen LogP contribution < -0.4 is 4.74 Å². The predicted octanol–water partition coefficient (Wildman–Crippen LogP) is 4.46. The average Bonchev–Trinajstić information content (AvgIpc) is 2.52. The van der Waals surface area contributed by atoms with Crippen molar-refractivity contribution in [2.45, 2.75) is 19.8 Å². The fourth-order valence-electron chi connectivity index (χ4n) is 2.38. The minimum absolute atomic E-state index is 0.330. The molecule has 120 valence electrons. The summed E-state index contributed by atoms with van der Waals surface area (Å²) < 4.78 is 19.2. The second-order valence-corrected chi connectivity index (χ2v) is 5.38. The third-order valence-corrected chi connectivity index (χ3v) is 3.59. The van der Waals surface area contributed by atoms with Crippen molar-refractivity contribution in [2.24, 2.45) is 0 Å². The molecule has 0 atom stereocenters. The Morgan fingerprint density at radius 1 is 1.26 bits per heavy atom. The first-order valence-electron chi connectivity index (χ1n) is 7.32. The summed E-state index contributed by atoms with van der Waals surface area (Å²) in [4.78, 5) is 10.6. The number of benzene rings is 2. The van der Waals surface area contributed by atoms with Gasteiger partial charge in [0.05, 0.1) is 7.11 Å². The number of carboxylic acids is 1. The summed E-state index contributed by atoms with van der Waals surface area (Å²) in [5, 5.41) is 8.72. The molecule has 0 aliphatic carbocycles. The molecular formula is C19H19FO3. The lowest BCUT2D eigenvalue weighted by Crippen LogP contribution is -1.93. The molecule has 0 aliphatic rings. The van der Waals surface area contributed by atoms with Crippen molar-refractivity contribution in [3.05, 3.63) is 65.5 Å². The molecule has 0 amide bonds. The van der Waals surface area contributed by atoms with Gasteiger partial charge in [-0.25, -0.2) is 9.18 Å². The number of hydrogen-bond donors (Lipinski definition) is 1. The number of hydrogen-bond acceptors (Lipinski definition) is 2. The predicted molar refractivity (Wildman–Crippen MR) is 88.1 cm³/mol. The van der Waals surface area contributed by atoms with Crippen molar-refractivity contribution in [1.29, 1.82) is 0 Å². The maximum atomic E-state index is 14.2. The smallest absolute Gasteiger partial charge is 0.328 e. The van der Waals surface area contributed by atoms with E-state index in [1.165, 1.54) is 19.3 Å². The van der Waals surface area contributed by atoms with Gasteiger partial charge in [-0.2, -0.15) is 0 Å². The van der Waals surface area contributed by atoms with E-state index in [2.05, 4.69) is 0 Å². The fourth-order valence-corrected chi connectivity index (χ4v) is 2.38. The number of rotatable bonds is 6. The molecule has 0 spiro atoms. The maximum absolute atomic E-state index is 14.2. The van der Waals surface area contributed by atoms with Crippen molar-refractivity contribution < 1.29 is 19.0 Å². The molecule has 0 fully saturated rings. The second-order valence-electron chi connectivity index (χ2n) is 5.38. The highest BCUT2D eigenvalue weighted by atomic mass is 19.1. The molecule has 0 aliphatic heterocycles. The van der Waals surface area contributed by atoms with Crippen LogP contribution in [-0.4, -0.2) is 18.2 Å². The minimum Gasteiger partial charge on any atom is -0.497 e. The molecule has 3 nitrogen and oxygen atoms in total. The molecule has 0 saturated heterocycles. The molecule has 23 heavy (non-hydrogen) atoms. The molecule has 1 N–H and O–H groups in total. The van der Waals surface area contributed by atoms with Crippen molar-refractivity contribution in [3.63, 3.8) is 0 Å². The second kappa shape index (κ2) is 7.58. The van der Waals surface area contributed by atoms with E-state index in [9.17, 15) is 9.18 Å². The number of aliphatic carboxylic acids is 1. The molecular weight excluding hydrogens is 295 g/mol. The van der Waals surface area contributed by atoms with E-state index in [1.54, 1.807) is 19.1 Å². The van der Waals surface area contributed by atoms with Crippen molar-refractivity contribution in [2.75, 3.05) is 7.11 Å². The molecule has 2 aromatic rings. The molecule has 0 unspecified atom stereocenters. The van der Waals surface area contributed by atoms with Gasteiger partial charge in [0.1, 0.15) is 11.6 Å². The number of halogens is 1. The SMILES string of the molecule is COc1ccc(-c2cccc(CC/C(C)=C/C(=O)O)c2)c(F)c1. The van der Waals surface area contributed by atoms with Crippen LogP contribution in [0.1, 0.15) is 18.9 Å². The van der Waals surface area contributed by atoms with E-state index in [1.807, 2.05) is 24.3 Å². The lowest BCUT2D eigenvalue weighted by atomic mass is 9.99. The molecule has 2 rings (SSSR count). The Hall–Kier alpha value is -2.62. The van der Waals surface area contributed by atoms with Crippen molar-refractivity contribution >= 4 is 5.97 Å². The van der Waals surface area contributed by atoms with Gasteiger partial charge in [0.25, 0.3) is 0 Å². The summed E-state index contributed by atoms with van der Waals surface area (Å²) in [5.41, 5.74) is 3.15. The first-order valence-corrected chi connectivity index (χ1v) is 7.32. The number of aryl methyl sites for hydroxylation is 1. The van der Waals surface area contributed by atoms with E-state index in [0.29, 0.717) is 24.2 Å². The van der Waals surface area contributed by atoms with Gasteiger partial charge in [0.15, 0.2) is 0 Å². The Kier molecular flexibility index (Phi) is 5.52. The standard InChI is InChI=1S/C19H19FO3/c1-13(10-19(21)22)6-7-14-4-3-5-15(11-14)17-9-8-16(23-2)12-18(17)20/h3-5,8-12H,6-7H2,1-2H3,(H,21,22)/b13-10+. The molecule has 0 radical (unpaired) electrons. The summed E-state index contributed by atoms with van der Waals surface area (Å²) in [5.74, 6) is -0.781. The zero-order valence-electron chi connectivity index (χ0n) is 13.2. The Morgan fingerprint density at radius 3 is 2.70 bits per heavy atom. The number of carbonyl (C=O) groups is 1. The first-order chi connectivity index (χ1) is 11.0. The van der Waals surface area contributed by atoms with Crippen molar-refractivity contribution in [3.8, 4) is 16.9 Å². The Morgan fingerprint density at radius 2 is 2.04 bits per heavy atom. The first kappa shape index (κ1) is 16.7. The van der Waals surface area contributed by atoms with Crippen molar-refractivity contribution in [1.82, 2.24) is 0 Å². The third-order valence-electron chi connectivity index (χ3n) is 3.59. The van der Waals surface area contributed by atoms with Gasteiger partial charge in [0, 0.05) is 17.7 Å². The van der Waals surface area contributed by atoms with E-state index >= 15 is 0 Å². The van der Waals surface area contributed by atoms with E-state index < -0.39 is 5.97 Å². The molecule has 2 aromatic carbocycles. The van der Waals surface area contributed by atoms with E-state index in [0.717, 1.165) is 16.7 Å². The van der Waals surface area contributed by atoms with Gasteiger partial charge in [-0.3, -0.25) is 0 Å². The quantitative estimate of drug-likeness (QED) is 0.800. The largest absolute Gasteiger partial charge is 0.497 e. The van der Waals surface area contributed by atoms with E-state index in [-0.39, 0.29) is 5.82 Å². The van der Waals surface area contributed by atoms with Gasteiger partial charge in [0.2, 0.25) is 0 Å². The highest BCUT2D eigenvalue weighted by molar-refractivity contribution is 5.80. The molecule has 0 aromatic heterocycles. The van der Waals surface area contributed by atoms with Crippen LogP contribution in [0.15, 0.2) is 54.1 Å². The zero-order chi connectivity index (χ0) is 16.8. The summed E-state index contributed by atoms with van der Waals surface area (Å²) in [6, 6.07) is 12.4. The molecule has 4 heteroatoms. The maximum Gasteiger partial charge on any atom is 0.328 e. The van der Waals surface area contributed by atoms with Gasteiger partial charge in [-0.15, -0.1) is 0 Å². The van der Waals surface area contributed by atoms with Crippen LogP contribution in [0.2, 0.25) is 0 Å². The van der Waals surface area contributed by atoms with Crippen LogP contribution in [0.25, 0.3) is 11.1 Å². The highest BCUT2D eigenvalue weighted by Gasteiger charge is 2.07.